The molecule has 6 nitrogen and oxygen atoms in total. The van der Waals surface area contributed by atoms with Crippen molar-refractivity contribution >= 4 is 21.4 Å². The van der Waals surface area contributed by atoms with Crippen LogP contribution < -0.4 is 11.1 Å². The average molecular weight is 272 g/mol. The minimum atomic E-state index is -3.30. The highest BCUT2D eigenvalue weighted by atomic mass is 32.2. The number of nitrogens with two attached hydrogens (primary N) is 1. The number of benzene rings is 1. The van der Waals surface area contributed by atoms with Gasteiger partial charge in [0.2, 0.25) is 0 Å². The van der Waals surface area contributed by atoms with Gasteiger partial charge < -0.3 is 15.8 Å². The minimum absolute atomic E-state index is 0.0497. The number of carbonyl (C=O) groups is 1. The Balaban J connectivity index is 2.89. The highest BCUT2D eigenvalue weighted by molar-refractivity contribution is 7.90. The quantitative estimate of drug-likeness (QED) is 0.786. The number of sulfone groups is 1. The fourth-order valence-electron chi connectivity index (χ4n) is 1.34. The molecule has 1 aromatic rings. The van der Waals surface area contributed by atoms with Gasteiger partial charge in [-0.15, -0.1) is 0 Å². The third-order valence-electron chi connectivity index (χ3n) is 2.32. The molecule has 18 heavy (non-hydrogen) atoms. The Kier molecular flexibility index (Phi) is 4.83. The van der Waals surface area contributed by atoms with Gasteiger partial charge in [0, 0.05) is 25.6 Å². The van der Waals surface area contributed by atoms with E-state index in [1.807, 2.05) is 0 Å². The first-order chi connectivity index (χ1) is 8.38. The molecular weight excluding hydrogens is 256 g/mol. The monoisotopic (exact) mass is 272 g/mol. The molecule has 3 N–H and O–H groups in total. The number of carbonyl (C=O) groups excluding carboxylic acids is 1. The van der Waals surface area contributed by atoms with Crippen LogP contribution in [0, 0.1) is 0 Å². The van der Waals surface area contributed by atoms with Crippen LogP contribution in [-0.4, -0.2) is 40.3 Å². The van der Waals surface area contributed by atoms with Crippen molar-refractivity contribution in [1.82, 2.24) is 0 Å². The summed E-state index contributed by atoms with van der Waals surface area (Å²) in [6.07, 6.45) is 0.345. The molecule has 0 saturated carbocycles. The number of methoxy groups -OCH3 is 1. The maximum atomic E-state index is 11.7. The van der Waals surface area contributed by atoms with Crippen LogP contribution in [0.15, 0.2) is 29.2 Å². The summed E-state index contributed by atoms with van der Waals surface area (Å²) in [7, 11) is -1.92. The predicted molar refractivity (Wildman–Crippen MR) is 68.0 cm³/mol. The van der Waals surface area contributed by atoms with Gasteiger partial charge in [0.15, 0.2) is 9.84 Å². The van der Waals surface area contributed by atoms with E-state index in [1.54, 1.807) is 12.1 Å². The van der Waals surface area contributed by atoms with E-state index < -0.39 is 21.8 Å². The molecule has 1 unspecified atom stereocenters. The van der Waals surface area contributed by atoms with Crippen molar-refractivity contribution in [3.63, 3.8) is 0 Å². The average Bonchev–Trinajstić information content (AvgIpc) is 2.29. The Bertz CT molecular complexity index is 524. The summed E-state index contributed by atoms with van der Waals surface area (Å²) < 4.78 is 27.6. The highest BCUT2D eigenvalue weighted by Gasteiger charge is 2.16. The lowest BCUT2D eigenvalue weighted by Gasteiger charge is -2.13. The molecule has 100 valence electrons. The van der Waals surface area contributed by atoms with Gasteiger partial charge >= 0.3 is 0 Å². The van der Waals surface area contributed by atoms with E-state index in [2.05, 4.69) is 5.32 Å². The van der Waals surface area contributed by atoms with Crippen molar-refractivity contribution in [1.29, 1.82) is 0 Å². The Morgan fingerprint density at radius 2 is 2.17 bits per heavy atom. The zero-order valence-electron chi connectivity index (χ0n) is 10.2. The molecule has 0 fully saturated rings. The predicted octanol–water partition coefficient (Wildman–Crippen LogP) is 0.00230. The zero-order valence-corrected chi connectivity index (χ0v) is 11.0. The van der Waals surface area contributed by atoms with Crippen LogP contribution in [0.3, 0.4) is 0 Å². The second-order valence-electron chi connectivity index (χ2n) is 3.75. The van der Waals surface area contributed by atoms with Crippen molar-refractivity contribution in [3.05, 3.63) is 24.3 Å². The molecule has 0 saturated heterocycles. The number of hydrogen-bond acceptors (Lipinski definition) is 5. The number of rotatable bonds is 5. The van der Waals surface area contributed by atoms with Gasteiger partial charge in [-0.2, -0.15) is 0 Å². The molecule has 7 heteroatoms. The van der Waals surface area contributed by atoms with Crippen LogP contribution in [-0.2, 0) is 19.4 Å². The molecule has 0 bridgehead atoms. The summed E-state index contributed by atoms with van der Waals surface area (Å²) in [6, 6.07) is 5.99. The Hall–Kier alpha value is -1.44. The second-order valence-corrected chi connectivity index (χ2v) is 5.77. The van der Waals surface area contributed by atoms with E-state index in [0.717, 1.165) is 6.26 Å². The maximum Gasteiger partial charge on any atom is 0.254 e. The molecule has 0 aromatic heterocycles. The Morgan fingerprint density at radius 1 is 1.50 bits per heavy atom. The molecule has 1 atom stereocenters. The molecule has 0 spiro atoms. The number of hydrogen-bond donors (Lipinski definition) is 2. The van der Waals surface area contributed by atoms with E-state index in [0.29, 0.717) is 5.69 Å². The maximum absolute atomic E-state index is 11.7. The molecule has 0 radical (unpaired) electrons. The summed E-state index contributed by atoms with van der Waals surface area (Å²) in [5.74, 6) is -0.411. The van der Waals surface area contributed by atoms with E-state index in [1.165, 1.54) is 19.2 Å². The van der Waals surface area contributed by atoms with Gasteiger partial charge in [-0.25, -0.2) is 8.42 Å². The van der Waals surface area contributed by atoms with Gasteiger partial charge in [0.05, 0.1) is 4.90 Å². The van der Waals surface area contributed by atoms with Crippen LogP contribution in [0.4, 0.5) is 5.69 Å². The molecule has 0 aliphatic carbocycles. The standard InChI is InChI=1S/C11H16N2O4S/c1-17-10(7-12)11(14)13-8-4-3-5-9(6-8)18(2,15)16/h3-6,10H,7,12H2,1-2H3,(H,13,14). The van der Waals surface area contributed by atoms with Crippen molar-refractivity contribution in [3.8, 4) is 0 Å². The van der Waals surface area contributed by atoms with Crippen molar-refractivity contribution < 1.29 is 17.9 Å². The second kappa shape index (κ2) is 5.94. The number of ether oxygens (including phenoxy) is 1. The lowest BCUT2D eigenvalue weighted by Crippen LogP contribution is -2.35. The van der Waals surface area contributed by atoms with E-state index in [-0.39, 0.29) is 11.4 Å². The van der Waals surface area contributed by atoms with Crippen LogP contribution in [0.5, 0.6) is 0 Å². The summed E-state index contributed by atoms with van der Waals surface area (Å²) >= 11 is 0. The fourth-order valence-corrected chi connectivity index (χ4v) is 2.00. The molecule has 0 heterocycles. The lowest BCUT2D eigenvalue weighted by atomic mass is 10.3. The number of amides is 1. The highest BCUT2D eigenvalue weighted by Crippen LogP contribution is 2.15. The molecule has 0 aliphatic rings. The third kappa shape index (κ3) is 3.80. The summed E-state index contributed by atoms with van der Waals surface area (Å²) in [5, 5.41) is 2.55. The Morgan fingerprint density at radius 3 is 2.67 bits per heavy atom. The van der Waals surface area contributed by atoms with Crippen molar-refractivity contribution in [2.75, 3.05) is 25.2 Å². The smallest absolute Gasteiger partial charge is 0.254 e. The van der Waals surface area contributed by atoms with Gasteiger partial charge in [0.25, 0.3) is 5.91 Å². The third-order valence-corrected chi connectivity index (χ3v) is 3.43. The lowest BCUT2D eigenvalue weighted by molar-refractivity contribution is -0.125. The van der Waals surface area contributed by atoms with E-state index in [4.69, 9.17) is 10.5 Å². The zero-order chi connectivity index (χ0) is 13.8. The summed E-state index contributed by atoms with van der Waals surface area (Å²) in [5.41, 5.74) is 5.74. The van der Waals surface area contributed by atoms with Crippen molar-refractivity contribution in [2.24, 2.45) is 5.73 Å². The molecule has 1 amide bonds. The summed E-state index contributed by atoms with van der Waals surface area (Å²) in [6.45, 7) is 0.0497. The van der Waals surface area contributed by atoms with Gasteiger partial charge in [-0.3, -0.25) is 4.79 Å². The fraction of sp³-hybridized carbons (Fsp3) is 0.364. The SMILES string of the molecule is COC(CN)C(=O)Nc1cccc(S(C)(=O)=O)c1. The van der Waals surface area contributed by atoms with Crippen LogP contribution in [0.2, 0.25) is 0 Å². The first-order valence-corrected chi connectivity index (χ1v) is 7.11. The topological polar surface area (TPSA) is 98.5 Å². The molecular formula is C11H16N2O4S. The van der Waals surface area contributed by atoms with Crippen molar-refractivity contribution in [2.45, 2.75) is 11.0 Å². The van der Waals surface area contributed by atoms with Crippen LogP contribution >= 0.6 is 0 Å². The van der Waals surface area contributed by atoms with Gasteiger partial charge in [-0.1, -0.05) is 6.07 Å². The first-order valence-electron chi connectivity index (χ1n) is 5.22. The van der Waals surface area contributed by atoms with Gasteiger partial charge in [0.1, 0.15) is 6.10 Å². The number of nitrogens with one attached hydrogen (secondary N) is 1. The van der Waals surface area contributed by atoms with Gasteiger partial charge in [-0.05, 0) is 18.2 Å². The number of anilines is 1. The minimum Gasteiger partial charge on any atom is -0.370 e. The van der Waals surface area contributed by atoms with E-state index >= 15 is 0 Å². The van der Waals surface area contributed by atoms with Crippen LogP contribution in [0.25, 0.3) is 0 Å². The Labute approximate surface area is 106 Å². The summed E-state index contributed by atoms with van der Waals surface area (Å²) in [4.78, 5) is 11.8. The largest absolute Gasteiger partial charge is 0.370 e. The normalized spacial score (nSPS) is 13.1. The molecule has 1 aromatic carbocycles. The molecule has 0 aliphatic heterocycles. The van der Waals surface area contributed by atoms with Crippen LogP contribution in [0.1, 0.15) is 0 Å². The van der Waals surface area contributed by atoms with E-state index in [9.17, 15) is 13.2 Å². The molecule has 1 rings (SSSR count). The first kappa shape index (κ1) is 14.6.